The molecule has 0 fully saturated rings. The summed E-state index contributed by atoms with van der Waals surface area (Å²) in [7, 11) is 3.67. The second-order valence-electron chi connectivity index (χ2n) is 5.66. The van der Waals surface area contributed by atoms with E-state index in [-0.39, 0.29) is 6.09 Å². The molecule has 0 saturated carbocycles. The lowest BCUT2D eigenvalue weighted by molar-refractivity contribution is 0.0587. The molecule has 0 aliphatic rings. The van der Waals surface area contributed by atoms with Crippen molar-refractivity contribution in [2.45, 2.75) is 26.4 Å². The molecule has 4 heteroatoms. The molecule has 0 N–H and O–H groups in total. The normalized spacial score (nSPS) is 11.6. The summed E-state index contributed by atoms with van der Waals surface area (Å²) in [6, 6.07) is 10.0. The molecule has 0 spiro atoms. The van der Waals surface area contributed by atoms with Crippen LogP contribution in [0.2, 0.25) is 0 Å². The second kappa shape index (κ2) is 4.61. The van der Waals surface area contributed by atoms with E-state index in [1.165, 1.54) is 4.90 Å². The molecule has 2 aromatic rings. The Morgan fingerprint density at radius 2 is 1.89 bits per heavy atom. The quantitative estimate of drug-likeness (QED) is 0.786. The molecule has 0 aliphatic carbocycles. The van der Waals surface area contributed by atoms with E-state index >= 15 is 0 Å². The predicted octanol–water partition coefficient (Wildman–Crippen LogP) is 3.55. The standard InChI is InChI=1S/C15H20N2O2/c1-15(2,3)19-14(18)17(5)13-10-11-8-6-7-9-12(11)16(13)4/h6-10H,1-5H3. The number of carbonyl (C=O) groups is 1. The lowest BCUT2D eigenvalue weighted by Crippen LogP contribution is -2.35. The predicted molar refractivity (Wildman–Crippen MR) is 77.6 cm³/mol. The number of hydrogen-bond acceptors (Lipinski definition) is 2. The van der Waals surface area contributed by atoms with Gasteiger partial charge in [-0.05, 0) is 32.9 Å². The van der Waals surface area contributed by atoms with Gasteiger partial charge in [0.1, 0.15) is 11.4 Å². The number of nitrogens with zero attached hydrogens (tertiary/aromatic N) is 2. The van der Waals surface area contributed by atoms with Gasteiger partial charge in [-0.1, -0.05) is 18.2 Å². The molecule has 0 saturated heterocycles. The number of anilines is 1. The van der Waals surface area contributed by atoms with Crippen LogP contribution >= 0.6 is 0 Å². The van der Waals surface area contributed by atoms with Gasteiger partial charge in [0.2, 0.25) is 0 Å². The van der Waals surface area contributed by atoms with Crippen molar-refractivity contribution in [2.24, 2.45) is 7.05 Å². The molecule has 1 aromatic heterocycles. The van der Waals surface area contributed by atoms with E-state index in [9.17, 15) is 4.79 Å². The zero-order valence-corrected chi connectivity index (χ0v) is 12.1. The minimum absolute atomic E-state index is 0.349. The first-order valence-electron chi connectivity index (χ1n) is 6.31. The fourth-order valence-corrected chi connectivity index (χ4v) is 2.02. The molecule has 0 radical (unpaired) electrons. The molecule has 0 atom stereocenters. The van der Waals surface area contributed by atoms with E-state index in [1.807, 2.05) is 62.7 Å². The van der Waals surface area contributed by atoms with Crippen molar-refractivity contribution in [1.82, 2.24) is 4.57 Å². The van der Waals surface area contributed by atoms with E-state index in [2.05, 4.69) is 0 Å². The van der Waals surface area contributed by atoms with Crippen LogP contribution in [0.4, 0.5) is 10.6 Å². The van der Waals surface area contributed by atoms with Crippen LogP contribution in [-0.4, -0.2) is 23.3 Å². The van der Waals surface area contributed by atoms with Gasteiger partial charge in [0, 0.05) is 25.0 Å². The van der Waals surface area contributed by atoms with E-state index < -0.39 is 5.60 Å². The Hall–Kier alpha value is -1.97. The van der Waals surface area contributed by atoms with Crippen LogP contribution < -0.4 is 4.90 Å². The number of fused-ring (bicyclic) bond motifs is 1. The van der Waals surface area contributed by atoms with Crippen molar-refractivity contribution in [3.05, 3.63) is 30.3 Å². The summed E-state index contributed by atoms with van der Waals surface area (Å²) in [4.78, 5) is 13.6. The van der Waals surface area contributed by atoms with Crippen LogP contribution in [0.25, 0.3) is 10.9 Å². The molecule has 1 amide bonds. The van der Waals surface area contributed by atoms with Crippen molar-refractivity contribution in [3.8, 4) is 0 Å². The summed E-state index contributed by atoms with van der Waals surface area (Å²) in [5.74, 6) is 0.815. The zero-order chi connectivity index (χ0) is 14.2. The third-order valence-electron chi connectivity index (χ3n) is 2.94. The van der Waals surface area contributed by atoms with Crippen LogP contribution in [0.1, 0.15) is 20.8 Å². The minimum Gasteiger partial charge on any atom is -0.443 e. The molecule has 1 heterocycles. The molecule has 0 unspecified atom stereocenters. The van der Waals surface area contributed by atoms with Gasteiger partial charge < -0.3 is 9.30 Å². The smallest absolute Gasteiger partial charge is 0.415 e. The molecular formula is C15H20N2O2. The van der Waals surface area contributed by atoms with Gasteiger partial charge in [0.05, 0.1) is 0 Å². The van der Waals surface area contributed by atoms with Crippen molar-refractivity contribution >= 4 is 22.8 Å². The SMILES string of the molecule is CN(C(=O)OC(C)(C)C)c1cc2ccccc2n1C. The van der Waals surface area contributed by atoms with Gasteiger partial charge in [0.15, 0.2) is 0 Å². The number of hydrogen-bond donors (Lipinski definition) is 0. The zero-order valence-electron chi connectivity index (χ0n) is 12.1. The summed E-state index contributed by atoms with van der Waals surface area (Å²) >= 11 is 0. The highest BCUT2D eigenvalue weighted by Crippen LogP contribution is 2.25. The fraction of sp³-hybridized carbons (Fsp3) is 0.400. The Morgan fingerprint density at radius 3 is 2.47 bits per heavy atom. The van der Waals surface area contributed by atoms with E-state index in [0.717, 1.165) is 16.7 Å². The summed E-state index contributed by atoms with van der Waals surface area (Å²) in [6.07, 6.45) is -0.349. The van der Waals surface area contributed by atoms with Crippen LogP contribution in [0.5, 0.6) is 0 Å². The third kappa shape index (κ3) is 2.72. The molecule has 19 heavy (non-hydrogen) atoms. The van der Waals surface area contributed by atoms with Gasteiger partial charge in [-0.2, -0.15) is 0 Å². The first-order chi connectivity index (χ1) is 8.79. The molecular weight excluding hydrogens is 240 g/mol. The number of aryl methyl sites for hydroxylation is 1. The van der Waals surface area contributed by atoms with Crippen LogP contribution in [0, 0.1) is 0 Å². The van der Waals surface area contributed by atoms with E-state index in [0.29, 0.717) is 0 Å². The summed E-state index contributed by atoms with van der Waals surface area (Å²) in [5, 5.41) is 1.11. The van der Waals surface area contributed by atoms with Crippen molar-refractivity contribution in [1.29, 1.82) is 0 Å². The van der Waals surface area contributed by atoms with E-state index in [1.54, 1.807) is 7.05 Å². The van der Waals surface area contributed by atoms with Gasteiger partial charge in [0.25, 0.3) is 0 Å². The minimum atomic E-state index is -0.490. The Bertz CT molecular complexity index is 608. The highest BCUT2D eigenvalue weighted by molar-refractivity contribution is 5.92. The van der Waals surface area contributed by atoms with E-state index in [4.69, 9.17) is 4.74 Å². The number of carbonyl (C=O) groups excluding carboxylic acids is 1. The summed E-state index contributed by atoms with van der Waals surface area (Å²) in [5.41, 5.74) is 0.601. The first-order valence-corrected chi connectivity index (χ1v) is 6.31. The maximum atomic E-state index is 12.1. The fourth-order valence-electron chi connectivity index (χ4n) is 2.02. The van der Waals surface area contributed by atoms with Crippen LogP contribution in [0.15, 0.2) is 30.3 Å². The number of benzene rings is 1. The Kier molecular flexibility index (Phi) is 3.27. The van der Waals surface area contributed by atoms with Crippen molar-refractivity contribution in [2.75, 3.05) is 11.9 Å². The van der Waals surface area contributed by atoms with Gasteiger partial charge in [-0.15, -0.1) is 0 Å². The second-order valence-corrected chi connectivity index (χ2v) is 5.66. The molecule has 102 valence electrons. The summed E-state index contributed by atoms with van der Waals surface area (Å²) in [6.45, 7) is 5.58. The van der Waals surface area contributed by atoms with Gasteiger partial charge in [-0.25, -0.2) is 4.79 Å². The van der Waals surface area contributed by atoms with Gasteiger partial charge in [-0.3, -0.25) is 4.90 Å². The maximum absolute atomic E-state index is 12.1. The Balaban J connectivity index is 2.34. The molecule has 2 rings (SSSR count). The lowest BCUT2D eigenvalue weighted by Gasteiger charge is -2.24. The number of ether oxygens (including phenoxy) is 1. The largest absolute Gasteiger partial charge is 0.443 e. The highest BCUT2D eigenvalue weighted by Gasteiger charge is 2.22. The highest BCUT2D eigenvalue weighted by atomic mass is 16.6. The lowest BCUT2D eigenvalue weighted by atomic mass is 10.2. The van der Waals surface area contributed by atoms with Crippen molar-refractivity contribution < 1.29 is 9.53 Å². The number of para-hydroxylation sites is 1. The van der Waals surface area contributed by atoms with Gasteiger partial charge >= 0.3 is 6.09 Å². The molecule has 0 aliphatic heterocycles. The Labute approximate surface area is 113 Å². The van der Waals surface area contributed by atoms with Crippen LogP contribution in [0.3, 0.4) is 0 Å². The number of amides is 1. The first kappa shape index (κ1) is 13.5. The average Bonchev–Trinajstić information content (AvgIpc) is 2.64. The third-order valence-corrected chi connectivity index (χ3v) is 2.94. The van der Waals surface area contributed by atoms with Crippen molar-refractivity contribution in [3.63, 3.8) is 0 Å². The monoisotopic (exact) mass is 260 g/mol. The molecule has 1 aromatic carbocycles. The molecule has 4 nitrogen and oxygen atoms in total. The maximum Gasteiger partial charge on any atom is 0.415 e. The average molecular weight is 260 g/mol. The number of rotatable bonds is 1. The van der Waals surface area contributed by atoms with Crippen LogP contribution in [-0.2, 0) is 11.8 Å². The molecule has 0 bridgehead atoms. The number of aromatic nitrogens is 1. The topological polar surface area (TPSA) is 34.5 Å². The Morgan fingerprint density at radius 1 is 1.26 bits per heavy atom. The summed E-state index contributed by atoms with van der Waals surface area (Å²) < 4.78 is 7.36.